The molecule has 1 saturated heterocycles. The molecule has 254 valence electrons. The lowest BCUT2D eigenvalue weighted by atomic mass is 9.78. The van der Waals surface area contributed by atoms with Crippen molar-refractivity contribution in [3.05, 3.63) is 11.3 Å². The molecule has 6 aliphatic rings. The summed E-state index contributed by atoms with van der Waals surface area (Å²) in [5.74, 6) is 0.724. The largest absolute Gasteiger partial charge is 0.396 e. The predicted octanol–water partition coefficient (Wildman–Crippen LogP) is 7.20. The van der Waals surface area contributed by atoms with E-state index in [4.69, 9.17) is 9.47 Å². The summed E-state index contributed by atoms with van der Waals surface area (Å²) in [6, 6.07) is 0.699. The number of methoxy groups -OCH3 is 1. The average Bonchev–Trinajstić information content (AvgIpc) is 3.49. The van der Waals surface area contributed by atoms with Gasteiger partial charge in [0.25, 0.3) is 5.91 Å². The molecule has 0 bridgehead atoms. The van der Waals surface area contributed by atoms with Crippen LogP contribution in [0.5, 0.6) is 0 Å². The second-order valence-corrected chi connectivity index (χ2v) is 21.5. The number of allylic oxidation sites excluding steroid dienone is 1. The number of carbonyl (C=O) groups excluding carboxylic acids is 2. The molecule has 1 N–H and O–H groups in total. The van der Waals surface area contributed by atoms with Crippen LogP contribution in [0.2, 0.25) is 24.2 Å². The van der Waals surface area contributed by atoms with Crippen LogP contribution in [0.3, 0.4) is 0 Å². The SMILES string of the molecule is COC1CCC([Si](C)(C)[C@@H]2[C@@H](CCO)O[C@]3(C(=O)N(CC4CCCC(N(C=O)C5CCCCC5)C4)C4=C3CCCC4)[C@H]2C)CC1. The maximum absolute atomic E-state index is 15.0. The molecule has 1 spiro atoms. The molecule has 45 heavy (non-hydrogen) atoms. The van der Waals surface area contributed by atoms with E-state index in [1.807, 2.05) is 7.11 Å². The number of aliphatic hydroxyl groups is 1. The molecule has 3 saturated carbocycles. The van der Waals surface area contributed by atoms with Crippen molar-refractivity contribution in [2.75, 3.05) is 20.3 Å². The Kier molecular flexibility index (Phi) is 10.5. The Morgan fingerprint density at radius 1 is 0.978 bits per heavy atom. The van der Waals surface area contributed by atoms with E-state index >= 15 is 4.79 Å². The lowest BCUT2D eigenvalue weighted by Crippen LogP contribution is -2.51. The van der Waals surface area contributed by atoms with Crippen molar-refractivity contribution < 1.29 is 24.2 Å². The first-order valence-corrected chi connectivity index (χ1v) is 22.0. The van der Waals surface area contributed by atoms with Crippen LogP contribution >= 0.6 is 0 Å². The van der Waals surface area contributed by atoms with E-state index < -0.39 is 13.7 Å². The van der Waals surface area contributed by atoms with Crippen LogP contribution in [0.1, 0.15) is 122 Å². The third kappa shape index (κ3) is 6.12. The second-order valence-electron chi connectivity index (χ2n) is 16.3. The minimum Gasteiger partial charge on any atom is -0.396 e. The molecule has 2 heterocycles. The Labute approximate surface area is 273 Å². The Hall–Kier alpha value is -1.22. The average molecular weight is 643 g/mol. The van der Waals surface area contributed by atoms with Gasteiger partial charge in [0.05, 0.1) is 20.3 Å². The van der Waals surface area contributed by atoms with Crippen molar-refractivity contribution in [1.82, 2.24) is 9.80 Å². The van der Waals surface area contributed by atoms with Crippen molar-refractivity contribution in [2.24, 2.45) is 11.8 Å². The summed E-state index contributed by atoms with van der Waals surface area (Å²) in [4.78, 5) is 31.7. The summed E-state index contributed by atoms with van der Waals surface area (Å²) in [6.07, 6.45) is 21.3. The number of aliphatic hydroxyl groups excluding tert-OH is 1. The van der Waals surface area contributed by atoms with Gasteiger partial charge in [0.15, 0.2) is 5.60 Å². The Bertz CT molecular complexity index is 1080. The van der Waals surface area contributed by atoms with E-state index in [9.17, 15) is 9.90 Å². The summed E-state index contributed by atoms with van der Waals surface area (Å²) in [5.41, 5.74) is 2.72. The van der Waals surface area contributed by atoms with Crippen LogP contribution in [-0.4, -0.2) is 85.5 Å². The minimum absolute atomic E-state index is 0.0675. The molecule has 0 aromatic heterocycles. The van der Waals surface area contributed by atoms with Gasteiger partial charge in [0, 0.05) is 44.0 Å². The highest BCUT2D eigenvalue weighted by molar-refractivity contribution is 6.80. The second kappa shape index (κ2) is 14.1. The monoisotopic (exact) mass is 642 g/mol. The highest BCUT2D eigenvalue weighted by Crippen LogP contribution is 2.61. The van der Waals surface area contributed by atoms with E-state index in [-0.39, 0.29) is 24.5 Å². The van der Waals surface area contributed by atoms with Gasteiger partial charge in [-0.3, -0.25) is 9.59 Å². The molecule has 4 fully saturated rings. The van der Waals surface area contributed by atoms with E-state index in [1.165, 1.54) is 43.4 Å². The van der Waals surface area contributed by atoms with E-state index in [1.54, 1.807) is 0 Å². The zero-order valence-corrected chi connectivity index (χ0v) is 29.8. The number of fused-ring (bicyclic) bond motifs is 1. The fraction of sp³-hybridized carbons (Fsp3) is 0.892. The number of nitrogens with zero attached hydrogens (tertiary/aromatic N) is 2. The quantitative estimate of drug-likeness (QED) is 0.201. The molecular weight excluding hydrogens is 581 g/mol. The normalized spacial score (nSPS) is 38.2. The molecule has 0 radical (unpaired) electrons. The van der Waals surface area contributed by atoms with Gasteiger partial charge in [-0.05, 0) is 99.6 Å². The first kappa shape index (κ1) is 33.7. The lowest BCUT2D eigenvalue weighted by molar-refractivity contribution is -0.150. The maximum Gasteiger partial charge on any atom is 0.263 e. The van der Waals surface area contributed by atoms with Crippen molar-refractivity contribution in [2.45, 2.75) is 177 Å². The van der Waals surface area contributed by atoms with Crippen LogP contribution in [0.25, 0.3) is 0 Å². The van der Waals surface area contributed by atoms with Gasteiger partial charge in [0.2, 0.25) is 6.41 Å². The predicted molar refractivity (Wildman–Crippen MR) is 180 cm³/mol. The van der Waals surface area contributed by atoms with Crippen LogP contribution in [0, 0.1) is 11.8 Å². The standard InChI is InChI=1S/C37H62N2O5Si/c1-26-35(45(3,4)31-19-17-30(43-2)18-20-31)34(21-22-40)44-37(26)32-15-8-9-16-33(32)38(36(37)42)24-27-11-10-14-29(23-27)39(25-41)28-12-6-5-7-13-28/h25-31,34-35,40H,5-24H2,1-4H3/t26-,27?,29?,30?,31?,34+,35-,37+/m0/s1. The van der Waals surface area contributed by atoms with Gasteiger partial charge in [-0.2, -0.15) is 0 Å². The van der Waals surface area contributed by atoms with Crippen molar-refractivity contribution >= 4 is 20.4 Å². The minimum atomic E-state index is -1.89. The fourth-order valence-electron chi connectivity index (χ4n) is 11.4. The van der Waals surface area contributed by atoms with Crippen LogP contribution in [0.15, 0.2) is 11.3 Å². The first-order chi connectivity index (χ1) is 21.8. The Balaban J connectivity index is 1.24. The zero-order valence-electron chi connectivity index (χ0n) is 28.8. The molecule has 8 heteroatoms. The van der Waals surface area contributed by atoms with Gasteiger partial charge >= 0.3 is 0 Å². The molecule has 0 aromatic carbocycles. The number of hydrogen-bond donors (Lipinski definition) is 1. The zero-order chi connectivity index (χ0) is 31.8. The van der Waals surface area contributed by atoms with Crippen molar-refractivity contribution in [3.63, 3.8) is 0 Å². The number of carbonyl (C=O) groups is 2. The van der Waals surface area contributed by atoms with Gasteiger partial charge in [0.1, 0.15) is 0 Å². The summed E-state index contributed by atoms with van der Waals surface area (Å²) in [5, 5.41) is 10.2. The third-order valence-corrected chi connectivity index (χ3v) is 19.0. The van der Waals surface area contributed by atoms with Crippen molar-refractivity contribution in [3.8, 4) is 0 Å². The maximum atomic E-state index is 15.0. The summed E-state index contributed by atoms with van der Waals surface area (Å²) in [7, 11) is -0.0414. The molecule has 2 amide bonds. The first-order valence-electron chi connectivity index (χ1n) is 18.8. The van der Waals surface area contributed by atoms with E-state index in [2.05, 4.69) is 29.8 Å². The molecule has 2 aliphatic heterocycles. The van der Waals surface area contributed by atoms with Crippen LogP contribution in [-0.2, 0) is 19.1 Å². The molecule has 2 unspecified atom stereocenters. The Morgan fingerprint density at radius 2 is 1.69 bits per heavy atom. The van der Waals surface area contributed by atoms with Crippen LogP contribution < -0.4 is 0 Å². The van der Waals surface area contributed by atoms with E-state index in [0.717, 1.165) is 90.0 Å². The molecule has 6 atom stereocenters. The lowest BCUT2D eigenvalue weighted by Gasteiger charge is -2.45. The van der Waals surface area contributed by atoms with Gasteiger partial charge in [-0.25, -0.2) is 0 Å². The number of rotatable bonds is 10. The smallest absolute Gasteiger partial charge is 0.263 e. The van der Waals surface area contributed by atoms with E-state index in [0.29, 0.717) is 41.6 Å². The fourth-order valence-corrected chi connectivity index (χ4v) is 16.5. The topological polar surface area (TPSA) is 79.3 Å². The molecule has 7 nitrogen and oxygen atoms in total. The molecule has 6 rings (SSSR count). The Morgan fingerprint density at radius 3 is 2.38 bits per heavy atom. The summed E-state index contributed by atoms with van der Waals surface area (Å²) < 4.78 is 12.9. The van der Waals surface area contributed by atoms with Gasteiger partial charge in [-0.1, -0.05) is 58.5 Å². The van der Waals surface area contributed by atoms with Gasteiger partial charge < -0.3 is 24.4 Å². The van der Waals surface area contributed by atoms with Crippen molar-refractivity contribution in [1.29, 1.82) is 0 Å². The molecule has 0 aromatic rings. The number of amides is 2. The molecule has 4 aliphatic carbocycles. The third-order valence-electron chi connectivity index (χ3n) is 13.8. The molecular formula is C37H62N2O5Si. The van der Waals surface area contributed by atoms with Gasteiger partial charge in [-0.15, -0.1) is 0 Å². The highest BCUT2D eigenvalue weighted by atomic mass is 28.3. The number of hydrogen-bond acceptors (Lipinski definition) is 5. The van der Waals surface area contributed by atoms with Crippen LogP contribution in [0.4, 0.5) is 0 Å². The summed E-state index contributed by atoms with van der Waals surface area (Å²) in [6.45, 7) is 8.31. The number of ether oxygens (including phenoxy) is 2. The summed E-state index contributed by atoms with van der Waals surface area (Å²) >= 11 is 0. The highest BCUT2D eigenvalue weighted by Gasteiger charge is 2.67.